The zero-order valence-corrected chi connectivity index (χ0v) is 16.0. The lowest BCUT2D eigenvalue weighted by atomic mass is 10.1. The van der Waals surface area contributed by atoms with Gasteiger partial charge in [0.05, 0.1) is 6.42 Å². The predicted molar refractivity (Wildman–Crippen MR) is 98.5 cm³/mol. The summed E-state index contributed by atoms with van der Waals surface area (Å²) >= 11 is 3.77. The van der Waals surface area contributed by atoms with E-state index >= 15 is 0 Å². The molecular formula is C15H24N4O8S. The third-order valence-electron chi connectivity index (χ3n) is 3.37. The maximum atomic E-state index is 12.1. The molecule has 0 fully saturated rings. The summed E-state index contributed by atoms with van der Waals surface area (Å²) in [5.41, 5.74) is 5.60. The molecule has 0 heterocycles. The molecule has 0 bridgehead atoms. The van der Waals surface area contributed by atoms with Crippen LogP contribution in [0.5, 0.6) is 0 Å². The van der Waals surface area contributed by atoms with Gasteiger partial charge in [0.15, 0.2) is 0 Å². The van der Waals surface area contributed by atoms with Crippen LogP contribution in [-0.2, 0) is 28.8 Å². The van der Waals surface area contributed by atoms with Crippen LogP contribution in [-0.4, -0.2) is 76.1 Å². The number of aliphatic carboxylic acids is 2. The molecular weight excluding hydrogens is 396 g/mol. The third-order valence-corrected chi connectivity index (χ3v) is 3.73. The minimum Gasteiger partial charge on any atom is -0.481 e. The van der Waals surface area contributed by atoms with E-state index in [1.165, 1.54) is 6.92 Å². The van der Waals surface area contributed by atoms with Crippen molar-refractivity contribution in [2.24, 2.45) is 5.73 Å². The zero-order valence-electron chi connectivity index (χ0n) is 15.1. The van der Waals surface area contributed by atoms with Gasteiger partial charge in [-0.1, -0.05) is 0 Å². The minimum absolute atomic E-state index is 0.0318. The highest BCUT2D eigenvalue weighted by atomic mass is 32.1. The quantitative estimate of drug-likeness (QED) is 0.154. The van der Waals surface area contributed by atoms with Crippen molar-refractivity contribution in [2.45, 2.75) is 44.3 Å². The monoisotopic (exact) mass is 420 g/mol. The van der Waals surface area contributed by atoms with Gasteiger partial charge in [0, 0.05) is 25.1 Å². The van der Waals surface area contributed by atoms with Gasteiger partial charge in [0.1, 0.15) is 23.9 Å². The van der Waals surface area contributed by atoms with Crippen LogP contribution in [0.2, 0.25) is 0 Å². The number of hydrogen-bond acceptors (Lipinski definition) is 8. The first-order valence-electron chi connectivity index (χ1n) is 8.15. The fraction of sp³-hybridized carbons (Fsp3) is 0.600. The molecule has 7 N–H and O–H groups in total. The van der Waals surface area contributed by atoms with E-state index in [4.69, 9.17) is 15.9 Å². The van der Waals surface area contributed by atoms with Crippen LogP contribution in [0.1, 0.15) is 26.2 Å². The van der Waals surface area contributed by atoms with Crippen molar-refractivity contribution in [2.75, 3.05) is 12.3 Å². The Kier molecular flexibility index (Phi) is 11.5. The molecule has 0 spiro atoms. The van der Waals surface area contributed by atoms with Gasteiger partial charge >= 0.3 is 11.9 Å². The molecule has 0 aromatic rings. The summed E-state index contributed by atoms with van der Waals surface area (Å²) in [4.78, 5) is 68.3. The molecule has 0 radical (unpaired) electrons. The van der Waals surface area contributed by atoms with Crippen molar-refractivity contribution < 1.29 is 39.0 Å². The summed E-state index contributed by atoms with van der Waals surface area (Å²) in [5, 5.41) is 24.3. The average Bonchev–Trinajstić information content (AvgIpc) is 2.60. The zero-order chi connectivity index (χ0) is 21.9. The van der Waals surface area contributed by atoms with E-state index in [-0.39, 0.29) is 30.9 Å². The Morgan fingerprint density at radius 2 is 1.54 bits per heavy atom. The topological polar surface area (TPSA) is 205 Å². The molecule has 13 heteroatoms. The fourth-order valence-electron chi connectivity index (χ4n) is 1.81. The van der Waals surface area contributed by atoms with E-state index < -0.39 is 54.2 Å². The Labute approximate surface area is 166 Å². The third kappa shape index (κ3) is 10.5. The van der Waals surface area contributed by atoms with E-state index in [2.05, 4.69) is 28.6 Å². The normalized spacial score (nSPS) is 13.5. The van der Waals surface area contributed by atoms with Crippen molar-refractivity contribution in [1.29, 1.82) is 0 Å². The summed E-state index contributed by atoms with van der Waals surface area (Å²) in [6.45, 7) is 1.01. The molecule has 0 aromatic heterocycles. The minimum atomic E-state index is -1.58. The summed E-state index contributed by atoms with van der Waals surface area (Å²) in [7, 11) is 0. The highest BCUT2D eigenvalue weighted by molar-refractivity contribution is 7.80. The van der Waals surface area contributed by atoms with Gasteiger partial charge in [-0.3, -0.25) is 19.2 Å². The highest BCUT2D eigenvalue weighted by Gasteiger charge is 2.29. The molecule has 0 aliphatic carbocycles. The number of ketones is 1. The van der Waals surface area contributed by atoms with Crippen LogP contribution in [0.15, 0.2) is 0 Å². The van der Waals surface area contributed by atoms with E-state index in [0.717, 1.165) is 0 Å². The lowest BCUT2D eigenvalue weighted by molar-refractivity contribution is -0.143. The summed E-state index contributed by atoms with van der Waals surface area (Å²) in [5.74, 6) is -5.68. The van der Waals surface area contributed by atoms with Crippen molar-refractivity contribution in [3.05, 3.63) is 0 Å². The second kappa shape index (κ2) is 12.7. The molecule has 28 heavy (non-hydrogen) atoms. The van der Waals surface area contributed by atoms with Crippen LogP contribution in [0, 0.1) is 0 Å². The number of thiol groups is 1. The van der Waals surface area contributed by atoms with Gasteiger partial charge in [0.25, 0.3) is 0 Å². The van der Waals surface area contributed by atoms with E-state index in [1.807, 2.05) is 0 Å². The van der Waals surface area contributed by atoms with Crippen molar-refractivity contribution in [3.63, 3.8) is 0 Å². The molecule has 0 saturated heterocycles. The second-order valence-corrected chi connectivity index (χ2v) is 6.22. The van der Waals surface area contributed by atoms with E-state index in [9.17, 15) is 28.8 Å². The Morgan fingerprint density at radius 1 is 0.964 bits per heavy atom. The van der Waals surface area contributed by atoms with Crippen molar-refractivity contribution in [1.82, 2.24) is 16.0 Å². The van der Waals surface area contributed by atoms with Crippen LogP contribution < -0.4 is 21.7 Å². The highest BCUT2D eigenvalue weighted by Crippen LogP contribution is 1.98. The number of Topliss-reactive ketones (excluding diaryl/α,β-unsaturated/α-hetero) is 1. The first-order valence-corrected chi connectivity index (χ1v) is 8.79. The second-order valence-electron chi connectivity index (χ2n) is 5.85. The number of amides is 3. The smallest absolute Gasteiger partial charge is 0.327 e. The van der Waals surface area contributed by atoms with Gasteiger partial charge in [-0.25, -0.2) is 4.79 Å². The average molecular weight is 420 g/mol. The lowest BCUT2D eigenvalue weighted by Crippen LogP contribution is -2.57. The lowest BCUT2D eigenvalue weighted by Gasteiger charge is -2.21. The van der Waals surface area contributed by atoms with E-state index in [0.29, 0.717) is 0 Å². The van der Waals surface area contributed by atoms with Crippen LogP contribution in [0.25, 0.3) is 0 Å². The van der Waals surface area contributed by atoms with Gasteiger partial charge in [0.2, 0.25) is 17.7 Å². The maximum absolute atomic E-state index is 12.1. The van der Waals surface area contributed by atoms with Gasteiger partial charge in [-0.15, -0.1) is 0 Å². The Morgan fingerprint density at radius 3 is 2.00 bits per heavy atom. The summed E-state index contributed by atoms with van der Waals surface area (Å²) in [6, 6.07) is -4.25. The number of carbonyl (C=O) groups excluding carboxylic acids is 4. The van der Waals surface area contributed by atoms with Gasteiger partial charge < -0.3 is 36.7 Å². The Hall–Kier alpha value is -2.67. The maximum Gasteiger partial charge on any atom is 0.327 e. The van der Waals surface area contributed by atoms with Crippen molar-refractivity contribution >= 4 is 48.1 Å². The number of carbonyl (C=O) groups is 6. The SMILES string of the molecule is CC(=O)CCC(=O)NC[C@H](N)C(=O)N[C@@H](CC(=O)O)C(=O)N[C@@H](CS)C(=O)O. The van der Waals surface area contributed by atoms with Crippen molar-refractivity contribution in [3.8, 4) is 0 Å². The fourth-order valence-corrected chi connectivity index (χ4v) is 2.06. The molecule has 0 aliphatic heterocycles. The Balaban J connectivity index is 4.80. The number of rotatable bonds is 13. The molecule has 158 valence electrons. The number of carboxylic acid groups (broad SMARTS) is 2. The van der Waals surface area contributed by atoms with Crippen LogP contribution in [0.4, 0.5) is 0 Å². The van der Waals surface area contributed by atoms with Gasteiger partial charge in [-0.05, 0) is 6.92 Å². The molecule has 0 unspecified atom stereocenters. The molecule has 0 saturated carbocycles. The molecule has 3 amide bonds. The van der Waals surface area contributed by atoms with Gasteiger partial charge in [-0.2, -0.15) is 12.6 Å². The molecule has 0 rings (SSSR count). The first kappa shape index (κ1) is 25.3. The number of nitrogens with two attached hydrogens (primary N) is 1. The van der Waals surface area contributed by atoms with Crippen LogP contribution in [0.3, 0.4) is 0 Å². The van der Waals surface area contributed by atoms with E-state index in [1.54, 1.807) is 0 Å². The summed E-state index contributed by atoms with van der Waals surface area (Å²) in [6.07, 6.45) is -0.855. The number of carboxylic acids is 2. The standard InChI is InChI=1S/C15H24N4O8S/c1-7(20)2-3-11(21)17-5-8(16)13(24)18-9(4-12(22)23)14(25)19-10(6-28)15(26)27/h8-10,28H,2-6,16H2,1H3,(H,17,21)(H,18,24)(H,19,25)(H,22,23)(H,26,27)/t8-,9-,10-/m0/s1. The predicted octanol–water partition coefficient (Wildman–Crippen LogP) is -2.74. The number of hydrogen-bond donors (Lipinski definition) is 7. The largest absolute Gasteiger partial charge is 0.481 e. The number of nitrogens with one attached hydrogen (secondary N) is 3. The van der Waals surface area contributed by atoms with Crippen LogP contribution >= 0.6 is 12.6 Å². The molecule has 0 aromatic carbocycles. The first-order chi connectivity index (χ1) is 13.0. The molecule has 12 nitrogen and oxygen atoms in total. The molecule has 0 aliphatic rings. The Bertz CT molecular complexity index is 627. The molecule has 3 atom stereocenters. The summed E-state index contributed by atoms with van der Waals surface area (Å²) < 4.78 is 0.